The van der Waals surface area contributed by atoms with Crippen molar-refractivity contribution in [1.82, 2.24) is 15.6 Å². The van der Waals surface area contributed by atoms with Crippen molar-refractivity contribution in [3.63, 3.8) is 0 Å². The molecule has 0 spiro atoms. The molecule has 0 atom stereocenters. The predicted octanol–water partition coefficient (Wildman–Crippen LogP) is 2.97. The molecule has 0 saturated carbocycles. The van der Waals surface area contributed by atoms with Crippen molar-refractivity contribution in [2.45, 2.75) is 19.3 Å². The Labute approximate surface area is 132 Å². The van der Waals surface area contributed by atoms with Gasteiger partial charge in [0.1, 0.15) is 0 Å². The summed E-state index contributed by atoms with van der Waals surface area (Å²) in [6, 6.07) is 10.6. The highest BCUT2D eigenvalue weighted by Gasteiger charge is 2.29. The molecule has 122 valence electrons. The zero-order chi connectivity index (χ0) is 16.7. The van der Waals surface area contributed by atoms with E-state index in [-0.39, 0.29) is 0 Å². The summed E-state index contributed by atoms with van der Waals surface area (Å²) in [4.78, 5) is 8.25. The maximum atomic E-state index is 12.5. The van der Waals surface area contributed by atoms with E-state index in [4.69, 9.17) is 0 Å². The van der Waals surface area contributed by atoms with E-state index in [1.807, 2.05) is 18.2 Å². The molecule has 0 unspecified atom stereocenters. The van der Waals surface area contributed by atoms with E-state index >= 15 is 0 Å². The van der Waals surface area contributed by atoms with Gasteiger partial charge >= 0.3 is 6.18 Å². The number of benzene rings is 1. The van der Waals surface area contributed by atoms with Crippen LogP contribution in [0.15, 0.2) is 53.7 Å². The molecule has 0 aliphatic carbocycles. The zero-order valence-corrected chi connectivity index (χ0v) is 12.6. The molecule has 23 heavy (non-hydrogen) atoms. The van der Waals surface area contributed by atoms with Gasteiger partial charge in [-0.25, -0.2) is 0 Å². The monoisotopic (exact) mass is 322 g/mol. The average Bonchev–Trinajstić information content (AvgIpc) is 2.55. The first kappa shape index (κ1) is 16.8. The van der Waals surface area contributed by atoms with Gasteiger partial charge in [0.05, 0.1) is 17.8 Å². The number of hydrogen-bond acceptors (Lipinski definition) is 2. The van der Waals surface area contributed by atoms with E-state index in [0.717, 1.165) is 23.4 Å². The zero-order valence-electron chi connectivity index (χ0n) is 12.6. The minimum Gasteiger partial charge on any atom is -0.352 e. The Balaban J connectivity index is 1.86. The van der Waals surface area contributed by atoms with Crippen molar-refractivity contribution in [3.8, 4) is 0 Å². The SMILES string of the molecule is CN=C(NCc1ccc(C(F)(F)F)cc1)NCc1ccccn1. The number of alkyl halides is 3. The molecule has 2 N–H and O–H groups in total. The van der Waals surface area contributed by atoms with Crippen molar-refractivity contribution in [2.75, 3.05) is 7.05 Å². The Morgan fingerprint density at radius 2 is 1.74 bits per heavy atom. The normalized spacial score (nSPS) is 12.1. The van der Waals surface area contributed by atoms with E-state index < -0.39 is 11.7 Å². The van der Waals surface area contributed by atoms with Crippen molar-refractivity contribution < 1.29 is 13.2 Å². The molecule has 1 heterocycles. The number of nitrogens with zero attached hydrogens (tertiary/aromatic N) is 2. The summed E-state index contributed by atoms with van der Waals surface area (Å²) < 4.78 is 37.5. The van der Waals surface area contributed by atoms with Crippen LogP contribution in [0, 0.1) is 0 Å². The van der Waals surface area contributed by atoms with Crippen LogP contribution in [0.5, 0.6) is 0 Å². The summed E-state index contributed by atoms with van der Waals surface area (Å²) in [5, 5.41) is 6.13. The van der Waals surface area contributed by atoms with Gasteiger partial charge in [0, 0.05) is 19.8 Å². The molecule has 0 aliphatic heterocycles. The molecule has 0 amide bonds. The van der Waals surface area contributed by atoms with E-state index in [0.29, 0.717) is 19.0 Å². The van der Waals surface area contributed by atoms with E-state index in [9.17, 15) is 13.2 Å². The third kappa shape index (κ3) is 5.28. The number of aromatic nitrogens is 1. The van der Waals surface area contributed by atoms with Gasteiger partial charge in [-0.1, -0.05) is 18.2 Å². The van der Waals surface area contributed by atoms with Gasteiger partial charge < -0.3 is 10.6 Å². The number of pyridine rings is 1. The lowest BCUT2D eigenvalue weighted by Crippen LogP contribution is -2.36. The van der Waals surface area contributed by atoms with Gasteiger partial charge in [-0.05, 0) is 29.8 Å². The third-order valence-electron chi connectivity index (χ3n) is 3.13. The van der Waals surface area contributed by atoms with E-state index in [1.165, 1.54) is 12.1 Å². The van der Waals surface area contributed by atoms with E-state index in [2.05, 4.69) is 20.6 Å². The van der Waals surface area contributed by atoms with Crippen LogP contribution in [0.1, 0.15) is 16.8 Å². The molecule has 0 saturated heterocycles. The van der Waals surface area contributed by atoms with Gasteiger partial charge in [0.2, 0.25) is 0 Å². The fourth-order valence-corrected chi connectivity index (χ4v) is 1.89. The molecule has 0 radical (unpaired) electrons. The third-order valence-corrected chi connectivity index (χ3v) is 3.13. The molecule has 0 aliphatic rings. The number of nitrogens with one attached hydrogen (secondary N) is 2. The van der Waals surface area contributed by atoms with Crippen molar-refractivity contribution in [3.05, 3.63) is 65.5 Å². The van der Waals surface area contributed by atoms with E-state index in [1.54, 1.807) is 13.2 Å². The molecule has 1 aromatic heterocycles. The Hall–Kier alpha value is -2.57. The summed E-state index contributed by atoms with van der Waals surface area (Å²) in [6.07, 6.45) is -2.61. The molecule has 0 bridgehead atoms. The first-order valence-corrected chi connectivity index (χ1v) is 6.99. The molecular weight excluding hydrogens is 305 g/mol. The smallest absolute Gasteiger partial charge is 0.352 e. The van der Waals surface area contributed by atoms with Gasteiger partial charge in [-0.3, -0.25) is 9.98 Å². The Kier molecular flexibility index (Phi) is 5.56. The minimum atomic E-state index is -4.31. The average molecular weight is 322 g/mol. The fraction of sp³-hybridized carbons (Fsp3) is 0.250. The van der Waals surface area contributed by atoms with Crippen LogP contribution >= 0.6 is 0 Å². The number of guanidine groups is 1. The summed E-state index contributed by atoms with van der Waals surface area (Å²) >= 11 is 0. The van der Waals surface area contributed by atoms with Crippen LogP contribution in [0.25, 0.3) is 0 Å². The number of hydrogen-bond donors (Lipinski definition) is 2. The number of rotatable bonds is 4. The second-order valence-corrected chi connectivity index (χ2v) is 4.80. The van der Waals surface area contributed by atoms with Crippen LogP contribution in [0.4, 0.5) is 13.2 Å². The fourth-order valence-electron chi connectivity index (χ4n) is 1.89. The molecule has 2 rings (SSSR count). The highest BCUT2D eigenvalue weighted by molar-refractivity contribution is 5.79. The minimum absolute atomic E-state index is 0.375. The molecule has 2 aromatic rings. The van der Waals surface area contributed by atoms with Gasteiger partial charge in [-0.15, -0.1) is 0 Å². The summed E-state index contributed by atoms with van der Waals surface area (Å²) in [6.45, 7) is 0.882. The standard InChI is InChI=1S/C16H17F3N4/c1-20-15(23-11-14-4-2-3-9-21-14)22-10-12-5-7-13(8-6-12)16(17,18)19/h2-9H,10-11H2,1H3,(H2,20,22,23). The van der Waals surface area contributed by atoms with Crippen molar-refractivity contribution >= 4 is 5.96 Å². The lowest BCUT2D eigenvalue weighted by Gasteiger charge is -2.12. The Morgan fingerprint density at radius 1 is 1.04 bits per heavy atom. The number of halogens is 3. The summed E-state index contributed by atoms with van der Waals surface area (Å²) in [5.74, 6) is 0.551. The van der Waals surface area contributed by atoms with Gasteiger partial charge in [-0.2, -0.15) is 13.2 Å². The largest absolute Gasteiger partial charge is 0.416 e. The lowest BCUT2D eigenvalue weighted by molar-refractivity contribution is -0.137. The summed E-state index contributed by atoms with van der Waals surface area (Å²) in [5.41, 5.74) is 0.947. The van der Waals surface area contributed by atoms with Crippen molar-refractivity contribution in [2.24, 2.45) is 4.99 Å². The molecular formula is C16H17F3N4. The number of aliphatic imine (C=N–C) groups is 1. The van der Waals surface area contributed by atoms with Crippen molar-refractivity contribution in [1.29, 1.82) is 0 Å². The predicted molar refractivity (Wildman–Crippen MR) is 82.7 cm³/mol. The second kappa shape index (κ2) is 7.62. The van der Waals surface area contributed by atoms with Crippen LogP contribution < -0.4 is 10.6 Å². The molecule has 7 heteroatoms. The lowest BCUT2D eigenvalue weighted by atomic mass is 10.1. The van der Waals surface area contributed by atoms with Gasteiger partial charge in [0.25, 0.3) is 0 Å². The molecule has 0 fully saturated rings. The maximum absolute atomic E-state index is 12.5. The molecule has 1 aromatic carbocycles. The first-order valence-electron chi connectivity index (χ1n) is 6.99. The molecule has 4 nitrogen and oxygen atoms in total. The quantitative estimate of drug-likeness (QED) is 0.672. The van der Waals surface area contributed by atoms with Gasteiger partial charge in [0.15, 0.2) is 5.96 Å². The topological polar surface area (TPSA) is 49.3 Å². The second-order valence-electron chi connectivity index (χ2n) is 4.80. The Bertz CT molecular complexity index is 637. The first-order chi connectivity index (χ1) is 11.0. The van der Waals surface area contributed by atoms with Crippen LogP contribution in [-0.2, 0) is 19.3 Å². The maximum Gasteiger partial charge on any atom is 0.416 e. The highest BCUT2D eigenvalue weighted by atomic mass is 19.4. The van der Waals surface area contributed by atoms with Crippen LogP contribution in [0.2, 0.25) is 0 Å². The highest BCUT2D eigenvalue weighted by Crippen LogP contribution is 2.28. The van der Waals surface area contributed by atoms with Crippen LogP contribution in [0.3, 0.4) is 0 Å². The summed E-state index contributed by atoms with van der Waals surface area (Å²) in [7, 11) is 1.63. The Morgan fingerprint density at radius 3 is 2.30 bits per heavy atom. The van der Waals surface area contributed by atoms with Crippen LogP contribution in [-0.4, -0.2) is 18.0 Å².